The lowest BCUT2D eigenvalue weighted by atomic mass is 9.85. The van der Waals surface area contributed by atoms with E-state index in [1.165, 1.54) is 12.8 Å². The van der Waals surface area contributed by atoms with E-state index in [1.807, 2.05) is 39.1 Å². The molecule has 5 atom stereocenters. The first kappa shape index (κ1) is 27.2. The largest absolute Gasteiger partial charge is 0.497 e. The van der Waals surface area contributed by atoms with Crippen LogP contribution in [0.4, 0.5) is 0 Å². The number of aliphatic hydroxyl groups excluding tert-OH is 1. The van der Waals surface area contributed by atoms with E-state index in [0.29, 0.717) is 12.0 Å². The quantitative estimate of drug-likeness (QED) is 0.520. The lowest BCUT2D eigenvalue weighted by Crippen LogP contribution is -2.52. The Morgan fingerprint density at radius 3 is 2.60 bits per heavy atom. The minimum absolute atomic E-state index is 0.0420. The highest BCUT2D eigenvalue weighted by Gasteiger charge is 2.48. The van der Waals surface area contributed by atoms with E-state index in [-0.39, 0.29) is 36.9 Å². The van der Waals surface area contributed by atoms with Crippen molar-refractivity contribution in [3.8, 4) is 5.75 Å². The summed E-state index contributed by atoms with van der Waals surface area (Å²) in [7, 11) is 1.67. The van der Waals surface area contributed by atoms with E-state index >= 15 is 0 Å². The molecule has 2 N–H and O–H groups in total. The Kier molecular flexibility index (Phi) is 7.11. The lowest BCUT2D eigenvalue weighted by molar-refractivity contribution is -0.144. The van der Waals surface area contributed by atoms with E-state index in [4.69, 9.17) is 4.74 Å². The average molecular weight is 551 g/mol. The number of hydrogen-bond donors (Lipinski definition) is 2. The molecule has 4 aliphatic rings. The molecule has 2 aliphatic heterocycles. The number of ether oxygens (including phenoxy) is 1. The molecule has 2 aliphatic carbocycles. The average Bonchev–Trinajstić information content (AvgIpc) is 3.82. The van der Waals surface area contributed by atoms with Crippen molar-refractivity contribution in [1.29, 1.82) is 0 Å². The molecule has 4 fully saturated rings. The minimum Gasteiger partial charge on any atom is -0.497 e. The Balaban J connectivity index is 1.22. The standard InChI is InChI=1S/C30H42N6O4/c1-30(2,3)27(36-17-24(32-33-36)18-8-9-18)29(39)35-16-21(37)15-25(35)28(38)31-23-12-13-34(20-10-11-20)26(23)19-6-5-7-22(14-19)40-4/h5-7,14,17-18,20-21,23,25-27,37H,8-13,15-16H2,1-4H3,(H,31,38)/t21-,23+,25+,26-,27-/m1/s1. The van der Waals surface area contributed by atoms with Crippen molar-refractivity contribution >= 4 is 11.8 Å². The summed E-state index contributed by atoms with van der Waals surface area (Å²) in [5, 5.41) is 22.6. The highest BCUT2D eigenvalue weighted by molar-refractivity contribution is 5.90. The molecule has 0 radical (unpaired) electrons. The smallest absolute Gasteiger partial charge is 0.248 e. The Morgan fingerprint density at radius 1 is 1.15 bits per heavy atom. The van der Waals surface area contributed by atoms with Crippen LogP contribution in [-0.4, -0.2) is 86.1 Å². The third-order valence-electron chi connectivity index (χ3n) is 8.92. The summed E-state index contributed by atoms with van der Waals surface area (Å²) in [5.74, 6) is 0.819. The van der Waals surface area contributed by atoms with E-state index < -0.39 is 23.6 Å². The Bertz CT molecular complexity index is 1250. The summed E-state index contributed by atoms with van der Waals surface area (Å²) in [6, 6.07) is 7.21. The van der Waals surface area contributed by atoms with Crippen LogP contribution in [0.25, 0.3) is 0 Å². The van der Waals surface area contributed by atoms with Gasteiger partial charge in [0.2, 0.25) is 11.8 Å². The van der Waals surface area contributed by atoms with Gasteiger partial charge in [-0.1, -0.05) is 38.1 Å². The normalized spacial score (nSPS) is 28.1. The zero-order valence-electron chi connectivity index (χ0n) is 24.0. The second-order valence-electron chi connectivity index (χ2n) is 13.2. The number of carbonyl (C=O) groups excluding carboxylic acids is 2. The molecule has 1 aromatic carbocycles. The molecule has 0 unspecified atom stereocenters. The molecule has 3 heterocycles. The van der Waals surface area contributed by atoms with E-state index in [9.17, 15) is 14.7 Å². The number of likely N-dealkylation sites (tertiary alicyclic amines) is 2. The van der Waals surface area contributed by atoms with Crippen molar-refractivity contribution in [1.82, 2.24) is 30.1 Å². The van der Waals surface area contributed by atoms with Gasteiger partial charge in [-0.15, -0.1) is 5.10 Å². The third-order valence-corrected chi connectivity index (χ3v) is 8.92. The van der Waals surface area contributed by atoms with Gasteiger partial charge in [-0.2, -0.15) is 0 Å². The molecule has 0 bridgehead atoms. The van der Waals surface area contributed by atoms with Gasteiger partial charge in [0.1, 0.15) is 17.8 Å². The molecule has 2 saturated carbocycles. The van der Waals surface area contributed by atoms with Crippen molar-refractivity contribution in [2.45, 2.75) is 102 Å². The summed E-state index contributed by atoms with van der Waals surface area (Å²) in [6.45, 7) is 7.04. The van der Waals surface area contributed by atoms with Crippen LogP contribution in [0.1, 0.15) is 88.6 Å². The maximum Gasteiger partial charge on any atom is 0.248 e. The Labute approximate surface area is 236 Å². The van der Waals surface area contributed by atoms with Crippen LogP contribution in [0.3, 0.4) is 0 Å². The first-order valence-electron chi connectivity index (χ1n) is 14.7. The molecule has 0 spiro atoms. The molecular formula is C30H42N6O4. The topological polar surface area (TPSA) is 113 Å². The molecule has 40 heavy (non-hydrogen) atoms. The van der Waals surface area contributed by atoms with Gasteiger partial charge in [0.25, 0.3) is 0 Å². The van der Waals surface area contributed by atoms with Crippen LogP contribution in [-0.2, 0) is 9.59 Å². The van der Waals surface area contributed by atoms with Crippen LogP contribution in [0, 0.1) is 5.41 Å². The Hall–Kier alpha value is -2.98. The number of rotatable bonds is 8. The highest BCUT2D eigenvalue weighted by atomic mass is 16.5. The lowest BCUT2D eigenvalue weighted by Gasteiger charge is -2.35. The number of methoxy groups -OCH3 is 1. The maximum atomic E-state index is 14.1. The van der Waals surface area contributed by atoms with Crippen LogP contribution < -0.4 is 10.1 Å². The molecule has 10 heteroatoms. The van der Waals surface area contributed by atoms with E-state index in [2.05, 4.69) is 32.7 Å². The van der Waals surface area contributed by atoms with Gasteiger partial charge in [-0.25, -0.2) is 4.68 Å². The fourth-order valence-electron chi connectivity index (χ4n) is 6.64. The second kappa shape index (κ2) is 10.4. The van der Waals surface area contributed by atoms with Gasteiger partial charge in [0.05, 0.1) is 24.9 Å². The number of nitrogens with zero attached hydrogens (tertiary/aromatic N) is 5. The van der Waals surface area contributed by atoms with Crippen molar-refractivity contribution < 1.29 is 19.4 Å². The number of benzene rings is 1. The van der Waals surface area contributed by atoms with Crippen LogP contribution in [0.15, 0.2) is 30.5 Å². The van der Waals surface area contributed by atoms with Gasteiger partial charge in [-0.3, -0.25) is 14.5 Å². The molecule has 6 rings (SSSR count). The molecule has 10 nitrogen and oxygen atoms in total. The van der Waals surface area contributed by atoms with Gasteiger partial charge in [0, 0.05) is 43.7 Å². The van der Waals surface area contributed by atoms with Crippen molar-refractivity contribution in [2.75, 3.05) is 20.2 Å². The third kappa shape index (κ3) is 5.35. The highest BCUT2D eigenvalue weighted by Crippen LogP contribution is 2.43. The monoisotopic (exact) mass is 550 g/mol. The molecule has 216 valence electrons. The predicted molar refractivity (Wildman–Crippen MR) is 149 cm³/mol. The second-order valence-corrected chi connectivity index (χ2v) is 13.2. The van der Waals surface area contributed by atoms with Crippen LogP contribution in [0.2, 0.25) is 0 Å². The van der Waals surface area contributed by atoms with E-state index in [1.54, 1.807) is 16.7 Å². The summed E-state index contributed by atoms with van der Waals surface area (Å²) < 4.78 is 7.16. The SMILES string of the molecule is COc1cccc([C@@H]2[C@@H](NC(=O)[C@@H]3C[C@@H](O)CN3C(=O)[C@@H](n3cc(C4CC4)nn3)C(C)(C)C)CCN2C2CC2)c1. The van der Waals surface area contributed by atoms with Crippen molar-refractivity contribution in [2.24, 2.45) is 5.41 Å². The molecule has 2 aromatic rings. The first-order valence-corrected chi connectivity index (χ1v) is 14.7. The number of aromatic nitrogens is 3. The summed E-state index contributed by atoms with van der Waals surface area (Å²) >= 11 is 0. The van der Waals surface area contributed by atoms with Gasteiger partial charge in [0.15, 0.2) is 0 Å². The number of nitrogens with one attached hydrogen (secondary N) is 1. The Morgan fingerprint density at radius 2 is 1.93 bits per heavy atom. The molecule has 1 aromatic heterocycles. The van der Waals surface area contributed by atoms with Gasteiger partial charge < -0.3 is 20.1 Å². The fraction of sp³-hybridized carbons (Fsp3) is 0.667. The summed E-state index contributed by atoms with van der Waals surface area (Å²) in [4.78, 5) is 32.1. The molecule has 2 saturated heterocycles. The van der Waals surface area contributed by atoms with E-state index in [0.717, 1.165) is 42.8 Å². The van der Waals surface area contributed by atoms with Crippen molar-refractivity contribution in [3.63, 3.8) is 0 Å². The zero-order valence-corrected chi connectivity index (χ0v) is 24.0. The number of carbonyl (C=O) groups is 2. The van der Waals surface area contributed by atoms with Crippen LogP contribution >= 0.6 is 0 Å². The number of β-amino-alcohol motifs (C(OH)–C–C–N with tert-alkyl or cyclic N) is 1. The number of aliphatic hydroxyl groups is 1. The molecular weight excluding hydrogens is 508 g/mol. The van der Waals surface area contributed by atoms with Gasteiger partial charge in [-0.05, 0) is 55.2 Å². The first-order chi connectivity index (χ1) is 19.1. The fourth-order valence-corrected chi connectivity index (χ4v) is 6.64. The number of hydrogen-bond acceptors (Lipinski definition) is 7. The van der Waals surface area contributed by atoms with Crippen LogP contribution in [0.5, 0.6) is 5.75 Å². The van der Waals surface area contributed by atoms with Gasteiger partial charge >= 0.3 is 0 Å². The maximum absolute atomic E-state index is 14.1. The number of amides is 2. The summed E-state index contributed by atoms with van der Waals surface area (Å²) in [5.41, 5.74) is 1.58. The van der Waals surface area contributed by atoms with Crippen molar-refractivity contribution in [3.05, 3.63) is 41.7 Å². The summed E-state index contributed by atoms with van der Waals surface area (Å²) in [6.07, 6.45) is 6.75. The predicted octanol–water partition coefficient (Wildman–Crippen LogP) is 2.81. The zero-order chi connectivity index (χ0) is 28.2. The minimum atomic E-state index is -0.751. The molecule has 2 amide bonds.